The zero-order valence-corrected chi connectivity index (χ0v) is 13.9. The Morgan fingerprint density at radius 1 is 1.29 bits per heavy atom. The van der Waals surface area contributed by atoms with Crippen LogP contribution in [0.25, 0.3) is 0 Å². The molecule has 0 amide bonds. The minimum atomic E-state index is -0.291. The second-order valence-corrected chi connectivity index (χ2v) is 6.91. The van der Waals surface area contributed by atoms with Gasteiger partial charge < -0.3 is 5.32 Å². The van der Waals surface area contributed by atoms with Crippen LogP contribution in [0.4, 0.5) is 4.39 Å². The highest BCUT2D eigenvalue weighted by Crippen LogP contribution is 2.38. The summed E-state index contributed by atoms with van der Waals surface area (Å²) < 4.78 is 13.6. The Kier molecular flexibility index (Phi) is 6.50. The summed E-state index contributed by atoms with van der Waals surface area (Å²) in [5, 5.41) is 3.55. The lowest BCUT2D eigenvalue weighted by molar-refractivity contribution is 0.169. The maximum atomic E-state index is 13.6. The van der Waals surface area contributed by atoms with E-state index in [0.29, 0.717) is 11.8 Å². The molecule has 0 heterocycles. The van der Waals surface area contributed by atoms with E-state index in [1.165, 1.54) is 32.1 Å². The predicted octanol–water partition coefficient (Wildman–Crippen LogP) is 5.07. The van der Waals surface area contributed by atoms with Crippen LogP contribution in [-0.2, 0) is 6.42 Å². The Labute approximate surface area is 133 Å². The van der Waals surface area contributed by atoms with Crippen LogP contribution >= 0.6 is 11.6 Å². The first-order chi connectivity index (χ1) is 10.1. The third kappa shape index (κ3) is 4.69. The molecule has 1 N–H and O–H groups in total. The van der Waals surface area contributed by atoms with E-state index in [4.69, 9.17) is 11.6 Å². The fourth-order valence-electron chi connectivity index (χ4n) is 3.84. The monoisotopic (exact) mass is 311 g/mol. The van der Waals surface area contributed by atoms with E-state index < -0.39 is 0 Å². The molecule has 1 nitrogen and oxygen atoms in total. The van der Waals surface area contributed by atoms with Crippen molar-refractivity contribution in [2.75, 3.05) is 13.6 Å². The van der Waals surface area contributed by atoms with Gasteiger partial charge in [0.05, 0.1) is 5.02 Å². The summed E-state index contributed by atoms with van der Waals surface area (Å²) in [7, 11) is 2.02. The SMILES string of the molecule is CCCC1CCC(CNC)C(Cc2ccc(Cl)c(F)c2)C1. The summed E-state index contributed by atoms with van der Waals surface area (Å²) in [6.45, 7) is 3.34. The molecule has 1 aliphatic carbocycles. The van der Waals surface area contributed by atoms with Crippen LogP contribution in [0.1, 0.15) is 44.6 Å². The van der Waals surface area contributed by atoms with Gasteiger partial charge in [-0.25, -0.2) is 4.39 Å². The highest BCUT2D eigenvalue weighted by atomic mass is 35.5. The van der Waals surface area contributed by atoms with Crippen molar-refractivity contribution in [3.63, 3.8) is 0 Å². The standard InChI is InChI=1S/C18H27ClFN/c1-3-4-13-5-7-15(12-21-2)16(9-13)10-14-6-8-17(19)18(20)11-14/h6,8,11,13,15-16,21H,3-5,7,9-10,12H2,1-2H3. The minimum Gasteiger partial charge on any atom is -0.319 e. The molecule has 3 heteroatoms. The van der Waals surface area contributed by atoms with Crippen molar-refractivity contribution in [2.45, 2.75) is 45.4 Å². The van der Waals surface area contributed by atoms with E-state index in [0.717, 1.165) is 24.4 Å². The van der Waals surface area contributed by atoms with E-state index in [1.807, 2.05) is 13.1 Å². The molecular weight excluding hydrogens is 285 g/mol. The summed E-state index contributed by atoms with van der Waals surface area (Å²) in [6.07, 6.45) is 7.50. The Hall–Kier alpha value is -0.600. The smallest absolute Gasteiger partial charge is 0.142 e. The van der Waals surface area contributed by atoms with Crippen molar-refractivity contribution in [3.8, 4) is 0 Å². The van der Waals surface area contributed by atoms with Gasteiger partial charge in [0.25, 0.3) is 0 Å². The number of nitrogens with one attached hydrogen (secondary N) is 1. The van der Waals surface area contributed by atoms with Crippen LogP contribution in [0.2, 0.25) is 5.02 Å². The summed E-state index contributed by atoms with van der Waals surface area (Å²) >= 11 is 5.78. The Balaban J connectivity index is 2.05. The quantitative estimate of drug-likeness (QED) is 0.773. The molecule has 1 fully saturated rings. The summed E-state index contributed by atoms with van der Waals surface area (Å²) in [6, 6.07) is 5.28. The van der Waals surface area contributed by atoms with Crippen molar-refractivity contribution in [1.82, 2.24) is 5.32 Å². The average Bonchev–Trinajstić information content (AvgIpc) is 2.46. The van der Waals surface area contributed by atoms with Gasteiger partial charge in [0.1, 0.15) is 5.82 Å². The second kappa shape index (κ2) is 8.14. The molecule has 1 aromatic carbocycles. The Morgan fingerprint density at radius 3 is 2.76 bits per heavy atom. The lowest BCUT2D eigenvalue weighted by Crippen LogP contribution is -2.33. The maximum Gasteiger partial charge on any atom is 0.142 e. The van der Waals surface area contributed by atoms with Gasteiger partial charge in [-0.2, -0.15) is 0 Å². The van der Waals surface area contributed by atoms with Crippen molar-refractivity contribution in [1.29, 1.82) is 0 Å². The van der Waals surface area contributed by atoms with Gasteiger partial charge in [-0.15, -0.1) is 0 Å². The third-order valence-electron chi connectivity index (χ3n) is 4.89. The highest BCUT2D eigenvalue weighted by molar-refractivity contribution is 6.30. The van der Waals surface area contributed by atoms with Gasteiger partial charge in [-0.3, -0.25) is 0 Å². The first kappa shape index (κ1) is 16.8. The van der Waals surface area contributed by atoms with Crippen LogP contribution in [0.15, 0.2) is 18.2 Å². The van der Waals surface area contributed by atoms with Gasteiger partial charge in [-0.05, 0) is 68.3 Å². The number of halogens is 2. The maximum absolute atomic E-state index is 13.6. The average molecular weight is 312 g/mol. The molecule has 1 aromatic rings. The van der Waals surface area contributed by atoms with Crippen molar-refractivity contribution in [2.24, 2.45) is 17.8 Å². The largest absolute Gasteiger partial charge is 0.319 e. The molecule has 3 unspecified atom stereocenters. The zero-order chi connectivity index (χ0) is 15.2. The van der Waals surface area contributed by atoms with Crippen LogP contribution in [-0.4, -0.2) is 13.6 Å². The van der Waals surface area contributed by atoms with Crippen molar-refractivity contribution < 1.29 is 4.39 Å². The van der Waals surface area contributed by atoms with E-state index in [1.54, 1.807) is 12.1 Å². The van der Waals surface area contributed by atoms with E-state index in [9.17, 15) is 4.39 Å². The Morgan fingerprint density at radius 2 is 2.10 bits per heavy atom. The number of benzene rings is 1. The molecule has 0 spiro atoms. The fraction of sp³-hybridized carbons (Fsp3) is 0.667. The minimum absolute atomic E-state index is 0.220. The van der Waals surface area contributed by atoms with E-state index in [2.05, 4.69) is 12.2 Å². The molecule has 118 valence electrons. The molecule has 1 saturated carbocycles. The van der Waals surface area contributed by atoms with Crippen LogP contribution in [0.5, 0.6) is 0 Å². The van der Waals surface area contributed by atoms with E-state index in [-0.39, 0.29) is 10.8 Å². The van der Waals surface area contributed by atoms with Crippen LogP contribution < -0.4 is 5.32 Å². The van der Waals surface area contributed by atoms with Gasteiger partial charge in [0, 0.05) is 0 Å². The lowest BCUT2D eigenvalue weighted by atomic mass is 9.70. The molecule has 0 bridgehead atoms. The number of hydrogen-bond acceptors (Lipinski definition) is 1. The normalized spacial score (nSPS) is 26.0. The number of rotatable bonds is 6. The molecule has 1 aliphatic rings. The van der Waals surface area contributed by atoms with Crippen molar-refractivity contribution >= 4 is 11.6 Å². The first-order valence-corrected chi connectivity index (χ1v) is 8.60. The lowest BCUT2D eigenvalue weighted by Gasteiger charge is -2.36. The summed E-state index contributed by atoms with van der Waals surface area (Å²) in [4.78, 5) is 0. The van der Waals surface area contributed by atoms with Crippen molar-refractivity contribution in [3.05, 3.63) is 34.6 Å². The fourth-order valence-corrected chi connectivity index (χ4v) is 3.96. The van der Waals surface area contributed by atoms with Gasteiger partial charge in [0.2, 0.25) is 0 Å². The molecule has 0 aromatic heterocycles. The third-order valence-corrected chi connectivity index (χ3v) is 5.20. The summed E-state index contributed by atoms with van der Waals surface area (Å²) in [5.74, 6) is 1.93. The topological polar surface area (TPSA) is 12.0 Å². The molecule has 0 aliphatic heterocycles. The van der Waals surface area contributed by atoms with Crippen LogP contribution in [0.3, 0.4) is 0 Å². The molecular formula is C18H27ClFN. The molecule has 21 heavy (non-hydrogen) atoms. The number of hydrogen-bond donors (Lipinski definition) is 1. The molecule has 0 saturated heterocycles. The molecule has 2 rings (SSSR count). The van der Waals surface area contributed by atoms with Gasteiger partial charge in [0.15, 0.2) is 0 Å². The highest BCUT2D eigenvalue weighted by Gasteiger charge is 2.29. The second-order valence-electron chi connectivity index (χ2n) is 6.50. The van der Waals surface area contributed by atoms with Gasteiger partial charge >= 0.3 is 0 Å². The van der Waals surface area contributed by atoms with E-state index >= 15 is 0 Å². The molecule has 0 radical (unpaired) electrons. The zero-order valence-electron chi connectivity index (χ0n) is 13.2. The predicted molar refractivity (Wildman–Crippen MR) is 88.3 cm³/mol. The van der Waals surface area contributed by atoms with Gasteiger partial charge in [-0.1, -0.05) is 43.9 Å². The first-order valence-electron chi connectivity index (χ1n) is 8.22. The summed E-state index contributed by atoms with van der Waals surface area (Å²) in [5.41, 5.74) is 1.08. The molecule has 3 atom stereocenters. The Bertz CT molecular complexity index is 449. The van der Waals surface area contributed by atoms with Crippen LogP contribution in [0, 0.1) is 23.6 Å².